The van der Waals surface area contributed by atoms with Crippen molar-refractivity contribution < 1.29 is 13.9 Å². The first-order valence-corrected chi connectivity index (χ1v) is 6.41. The maximum atomic E-state index is 13.7. The zero-order valence-electron chi connectivity index (χ0n) is 12.2. The Morgan fingerprint density at radius 1 is 1.47 bits per heavy atom. The molecule has 0 saturated carbocycles. The molecule has 0 fully saturated rings. The number of carbonyl (C=O) groups is 1. The molecule has 106 valence electrons. The number of hydrogen-bond donors (Lipinski definition) is 1. The lowest BCUT2D eigenvalue weighted by Crippen LogP contribution is -2.48. The standard InChI is InChI=1S/C15H22FNO2/c1-10(2)9-17-15(4,14(18)19-5)12-7-6-11(3)13(16)8-12/h6-8,10,17H,9H2,1-5H3. The van der Waals surface area contributed by atoms with Gasteiger partial charge in [-0.25, -0.2) is 9.18 Å². The lowest BCUT2D eigenvalue weighted by atomic mass is 9.90. The summed E-state index contributed by atoms with van der Waals surface area (Å²) < 4.78 is 18.5. The SMILES string of the molecule is COC(=O)C(C)(NCC(C)C)c1ccc(C)c(F)c1. The third-order valence-electron chi connectivity index (χ3n) is 3.21. The molecule has 4 heteroatoms. The Kier molecular flexibility index (Phi) is 5.06. The Labute approximate surface area is 114 Å². The summed E-state index contributed by atoms with van der Waals surface area (Å²) in [5.74, 6) is -0.366. The molecule has 19 heavy (non-hydrogen) atoms. The highest BCUT2D eigenvalue weighted by molar-refractivity contribution is 5.82. The van der Waals surface area contributed by atoms with E-state index in [1.807, 2.05) is 13.8 Å². The second kappa shape index (κ2) is 6.15. The van der Waals surface area contributed by atoms with Crippen LogP contribution >= 0.6 is 0 Å². The zero-order valence-corrected chi connectivity index (χ0v) is 12.2. The van der Waals surface area contributed by atoms with Gasteiger partial charge in [-0.05, 0) is 43.5 Å². The molecular weight excluding hydrogens is 245 g/mol. The van der Waals surface area contributed by atoms with Crippen LogP contribution in [0.2, 0.25) is 0 Å². The Morgan fingerprint density at radius 3 is 2.58 bits per heavy atom. The Bertz CT molecular complexity index is 459. The van der Waals surface area contributed by atoms with Crippen molar-refractivity contribution in [2.75, 3.05) is 13.7 Å². The van der Waals surface area contributed by atoms with Crippen LogP contribution in [0.3, 0.4) is 0 Å². The average molecular weight is 267 g/mol. The lowest BCUT2D eigenvalue weighted by molar-refractivity contribution is -0.148. The quantitative estimate of drug-likeness (QED) is 0.834. The molecule has 0 heterocycles. The molecule has 3 nitrogen and oxygen atoms in total. The molecular formula is C15H22FNO2. The van der Waals surface area contributed by atoms with Gasteiger partial charge in [0.25, 0.3) is 0 Å². The Hall–Kier alpha value is -1.42. The fourth-order valence-electron chi connectivity index (χ4n) is 1.81. The molecule has 0 aliphatic rings. The molecule has 1 N–H and O–H groups in total. The fourth-order valence-corrected chi connectivity index (χ4v) is 1.81. The highest BCUT2D eigenvalue weighted by Gasteiger charge is 2.36. The molecule has 0 aliphatic heterocycles. The van der Waals surface area contributed by atoms with Gasteiger partial charge >= 0.3 is 5.97 Å². The third-order valence-corrected chi connectivity index (χ3v) is 3.21. The summed E-state index contributed by atoms with van der Waals surface area (Å²) in [6, 6.07) is 4.81. The summed E-state index contributed by atoms with van der Waals surface area (Å²) in [5.41, 5.74) is 0.0935. The van der Waals surface area contributed by atoms with Crippen molar-refractivity contribution in [1.82, 2.24) is 5.32 Å². The van der Waals surface area contributed by atoms with Crippen LogP contribution in [-0.2, 0) is 15.1 Å². The van der Waals surface area contributed by atoms with Crippen LogP contribution in [0, 0.1) is 18.7 Å². The summed E-state index contributed by atoms with van der Waals surface area (Å²) in [4.78, 5) is 12.0. The molecule has 0 aliphatic carbocycles. The van der Waals surface area contributed by atoms with Gasteiger partial charge in [-0.1, -0.05) is 26.0 Å². The Morgan fingerprint density at radius 2 is 2.11 bits per heavy atom. The number of ether oxygens (including phenoxy) is 1. The molecule has 0 radical (unpaired) electrons. The van der Waals surface area contributed by atoms with Crippen molar-refractivity contribution in [3.05, 3.63) is 35.1 Å². The number of aryl methyl sites for hydroxylation is 1. The second-order valence-corrected chi connectivity index (χ2v) is 5.36. The number of halogens is 1. The predicted molar refractivity (Wildman–Crippen MR) is 73.3 cm³/mol. The van der Waals surface area contributed by atoms with E-state index in [2.05, 4.69) is 5.32 Å². The van der Waals surface area contributed by atoms with E-state index in [-0.39, 0.29) is 5.82 Å². The van der Waals surface area contributed by atoms with E-state index >= 15 is 0 Å². The summed E-state index contributed by atoms with van der Waals surface area (Å²) in [5, 5.41) is 3.17. The minimum Gasteiger partial charge on any atom is -0.467 e. The largest absolute Gasteiger partial charge is 0.467 e. The van der Waals surface area contributed by atoms with Crippen molar-refractivity contribution in [3.8, 4) is 0 Å². The van der Waals surface area contributed by atoms with Gasteiger partial charge in [0.15, 0.2) is 0 Å². The predicted octanol–water partition coefficient (Wildman–Crippen LogP) is 2.77. The van der Waals surface area contributed by atoms with Crippen molar-refractivity contribution in [1.29, 1.82) is 0 Å². The van der Waals surface area contributed by atoms with Crippen LogP contribution in [0.15, 0.2) is 18.2 Å². The van der Waals surface area contributed by atoms with Crippen molar-refractivity contribution in [2.45, 2.75) is 33.2 Å². The van der Waals surface area contributed by atoms with Crippen LogP contribution < -0.4 is 5.32 Å². The lowest BCUT2D eigenvalue weighted by Gasteiger charge is -2.29. The summed E-state index contributed by atoms with van der Waals surface area (Å²) in [6.45, 7) is 8.13. The third kappa shape index (κ3) is 3.53. The van der Waals surface area contributed by atoms with Gasteiger partial charge < -0.3 is 4.74 Å². The monoisotopic (exact) mass is 267 g/mol. The maximum Gasteiger partial charge on any atom is 0.330 e. The minimum atomic E-state index is -1.03. The molecule has 1 unspecified atom stereocenters. The van der Waals surface area contributed by atoms with E-state index in [0.717, 1.165) is 0 Å². The van der Waals surface area contributed by atoms with Gasteiger partial charge in [-0.3, -0.25) is 5.32 Å². The molecule has 0 spiro atoms. The van der Waals surface area contributed by atoms with Gasteiger partial charge in [0.05, 0.1) is 7.11 Å². The summed E-state index contributed by atoms with van der Waals surface area (Å²) in [6.07, 6.45) is 0. The molecule has 0 saturated heterocycles. The van der Waals surface area contributed by atoms with Gasteiger partial charge in [0.1, 0.15) is 11.4 Å². The van der Waals surface area contributed by atoms with Crippen LogP contribution in [0.25, 0.3) is 0 Å². The Balaban J connectivity index is 3.14. The number of nitrogens with one attached hydrogen (secondary N) is 1. The second-order valence-electron chi connectivity index (χ2n) is 5.36. The van der Waals surface area contributed by atoms with Crippen molar-refractivity contribution in [3.63, 3.8) is 0 Å². The first kappa shape index (κ1) is 15.6. The van der Waals surface area contributed by atoms with Crippen molar-refractivity contribution >= 4 is 5.97 Å². The number of rotatable bonds is 5. The topological polar surface area (TPSA) is 38.3 Å². The average Bonchev–Trinajstić information content (AvgIpc) is 2.38. The molecule has 1 aromatic carbocycles. The van der Waals surface area contributed by atoms with E-state index in [0.29, 0.717) is 23.6 Å². The fraction of sp³-hybridized carbons (Fsp3) is 0.533. The smallest absolute Gasteiger partial charge is 0.330 e. The first-order chi connectivity index (χ1) is 8.81. The number of methoxy groups -OCH3 is 1. The molecule has 0 amide bonds. The molecule has 1 atom stereocenters. The van der Waals surface area contributed by atoms with E-state index in [9.17, 15) is 9.18 Å². The minimum absolute atomic E-state index is 0.320. The molecule has 1 aromatic rings. The van der Waals surface area contributed by atoms with Crippen LogP contribution in [0.1, 0.15) is 31.9 Å². The van der Waals surface area contributed by atoms with E-state index in [1.54, 1.807) is 26.0 Å². The summed E-state index contributed by atoms with van der Waals surface area (Å²) in [7, 11) is 1.34. The van der Waals surface area contributed by atoms with Crippen molar-refractivity contribution in [2.24, 2.45) is 5.92 Å². The van der Waals surface area contributed by atoms with Crippen LogP contribution in [-0.4, -0.2) is 19.6 Å². The molecule has 1 rings (SSSR count). The normalized spacial score (nSPS) is 14.3. The van der Waals surface area contributed by atoms with Crippen LogP contribution in [0.5, 0.6) is 0 Å². The number of benzene rings is 1. The first-order valence-electron chi connectivity index (χ1n) is 6.41. The van der Waals surface area contributed by atoms with Gasteiger partial charge in [0, 0.05) is 0 Å². The van der Waals surface area contributed by atoms with Gasteiger partial charge in [-0.15, -0.1) is 0 Å². The van der Waals surface area contributed by atoms with Crippen LogP contribution in [0.4, 0.5) is 4.39 Å². The number of esters is 1. The molecule has 0 bridgehead atoms. The number of hydrogen-bond acceptors (Lipinski definition) is 3. The van der Waals surface area contributed by atoms with Gasteiger partial charge in [-0.2, -0.15) is 0 Å². The van der Waals surface area contributed by atoms with E-state index in [1.165, 1.54) is 13.2 Å². The zero-order chi connectivity index (χ0) is 14.6. The van der Waals surface area contributed by atoms with E-state index in [4.69, 9.17) is 4.74 Å². The van der Waals surface area contributed by atoms with Gasteiger partial charge in [0.2, 0.25) is 0 Å². The number of carbonyl (C=O) groups excluding carboxylic acids is 1. The molecule has 0 aromatic heterocycles. The van der Waals surface area contributed by atoms with E-state index < -0.39 is 11.5 Å². The highest BCUT2D eigenvalue weighted by atomic mass is 19.1. The summed E-state index contributed by atoms with van der Waals surface area (Å²) >= 11 is 0. The maximum absolute atomic E-state index is 13.7. The highest BCUT2D eigenvalue weighted by Crippen LogP contribution is 2.24.